The third-order valence-electron chi connectivity index (χ3n) is 4.68. The topological polar surface area (TPSA) is 121 Å². The van der Waals surface area contributed by atoms with Crippen LogP contribution in [-0.2, 0) is 20.2 Å². The molecule has 3 rings (SSSR count). The molecule has 0 fully saturated rings. The van der Waals surface area contributed by atoms with Gasteiger partial charge in [0.15, 0.2) is 0 Å². The van der Waals surface area contributed by atoms with Gasteiger partial charge in [-0.3, -0.25) is 30.0 Å². The minimum absolute atomic E-state index is 0.0279. The van der Waals surface area contributed by atoms with Crippen molar-refractivity contribution >= 4 is 44.6 Å². The molecular weight excluding hydrogens is 462 g/mol. The number of benzene rings is 2. The smallest absolute Gasteiger partial charge is 0.283 e. The Morgan fingerprint density at radius 3 is 2.12 bits per heavy atom. The normalized spacial score (nSPS) is 11.5. The maximum Gasteiger partial charge on any atom is 0.310 e. The highest BCUT2D eigenvalue weighted by Gasteiger charge is 2.22. The van der Waals surface area contributed by atoms with Crippen LogP contribution in [0.1, 0.15) is 47.1 Å². The molecule has 1 heterocycles. The van der Waals surface area contributed by atoms with Crippen molar-refractivity contribution in [3.8, 4) is 0 Å². The fraction of sp³-hybridized carbons (Fsp3) is 0.174. The van der Waals surface area contributed by atoms with E-state index in [1.807, 2.05) is 20.8 Å². The largest absolute Gasteiger partial charge is 0.310 e. The number of anilines is 1. The summed E-state index contributed by atoms with van der Waals surface area (Å²) in [5.74, 6) is -2.63. The van der Waals surface area contributed by atoms with E-state index >= 15 is 0 Å². The number of hydrazine groups is 1. The van der Waals surface area contributed by atoms with Crippen LogP contribution in [-0.4, -0.2) is 26.0 Å². The number of amides is 2. The van der Waals surface area contributed by atoms with E-state index in [1.54, 1.807) is 47.8 Å². The first-order chi connectivity index (χ1) is 15.5. The highest BCUT2D eigenvalue weighted by Crippen LogP contribution is 2.23. The van der Waals surface area contributed by atoms with Crippen LogP contribution >= 0.6 is 11.3 Å². The van der Waals surface area contributed by atoms with Gasteiger partial charge in [0, 0.05) is 5.56 Å². The minimum Gasteiger partial charge on any atom is -0.283 e. The summed E-state index contributed by atoms with van der Waals surface area (Å²) in [4.78, 5) is 37.2. The minimum atomic E-state index is -3.87. The molecule has 33 heavy (non-hydrogen) atoms. The molecule has 3 N–H and O–H groups in total. The van der Waals surface area contributed by atoms with Gasteiger partial charge in [0.25, 0.3) is 21.7 Å². The van der Waals surface area contributed by atoms with Gasteiger partial charge in [-0.2, -0.15) is 0 Å². The molecule has 0 aliphatic heterocycles. The Hall–Kier alpha value is -3.50. The number of hydrogen-bond donors (Lipinski definition) is 3. The first kappa shape index (κ1) is 24.1. The van der Waals surface area contributed by atoms with Crippen LogP contribution < -0.4 is 15.6 Å². The number of para-hydroxylation sites is 1. The van der Waals surface area contributed by atoms with Crippen molar-refractivity contribution in [1.29, 1.82) is 0 Å². The predicted octanol–water partition coefficient (Wildman–Crippen LogP) is 3.49. The lowest BCUT2D eigenvalue weighted by molar-refractivity contribution is -0.117. The van der Waals surface area contributed by atoms with Gasteiger partial charge < -0.3 is 0 Å². The third kappa shape index (κ3) is 5.85. The summed E-state index contributed by atoms with van der Waals surface area (Å²) in [7, 11) is -3.87. The first-order valence-corrected chi connectivity index (χ1v) is 12.3. The zero-order valence-electron chi connectivity index (χ0n) is 18.2. The summed E-state index contributed by atoms with van der Waals surface area (Å²) in [6, 6.07) is 15.6. The molecule has 0 spiro atoms. The first-order valence-electron chi connectivity index (χ1n) is 9.90. The SMILES string of the molecule is CC(C)(C)c1ccc(C(=O)C(=O)NNC(=O)c2ccccc2NS(=O)(=O)c2cccs2)cc1. The summed E-state index contributed by atoms with van der Waals surface area (Å²) in [5, 5.41) is 1.62. The summed E-state index contributed by atoms with van der Waals surface area (Å²) >= 11 is 1.04. The van der Waals surface area contributed by atoms with Gasteiger partial charge in [0.2, 0.25) is 0 Å². The molecule has 0 radical (unpaired) electrons. The number of thiophene rings is 1. The number of carbonyl (C=O) groups excluding carboxylic acids is 3. The zero-order valence-corrected chi connectivity index (χ0v) is 19.8. The van der Waals surface area contributed by atoms with Gasteiger partial charge in [-0.1, -0.05) is 63.2 Å². The van der Waals surface area contributed by atoms with Crippen molar-refractivity contribution in [2.75, 3.05) is 4.72 Å². The molecule has 2 amide bonds. The second-order valence-corrected chi connectivity index (χ2v) is 11.0. The fourth-order valence-electron chi connectivity index (χ4n) is 2.87. The van der Waals surface area contributed by atoms with Crippen molar-refractivity contribution in [2.45, 2.75) is 30.4 Å². The molecule has 0 bridgehead atoms. The van der Waals surface area contributed by atoms with Crippen molar-refractivity contribution in [2.24, 2.45) is 0 Å². The fourth-order valence-corrected chi connectivity index (χ4v) is 4.94. The lowest BCUT2D eigenvalue weighted by atomic mass is 9.86. The Bertz CT molecular complexity index is 1280. The van der Waals surface area contributed by atoms with Crippen LogP contribution in [0.2, 0.25) is 0 Å². The molecule has 0 unspecified atom stereocenters. The van der Waals surface area contributed by atoms with Gasteiger partial charge in [-0.15, -0.1) is 11.3 Å². The molecule has 0 aliphatic rings. The predicted molar refractivity (Wildman–Crippen MR) is 127 cm³/mol. The Morgan fingerprint density at radius 2 is 1.52 bits per heavy atom. The van der Waals surface area contributed by atoms with Gasteiger partial charge in [0.1, 0.15) is 4.21 Å². The standard InChI is InChI=1S/C23H23N3O5S2/c1-23(2,3)16-12-10-15(11-13-16)20(27)22(29)25-24-21(28)17-7-4-5-8-18(17)26-33(30,31)19-9-6-14-32-19/h4-14,26H,1-3H3,(H,24,28)(H,25,29). The van der Waals surface area contributed by atoms with Crippen LogP contribution in [0, 0.1) is 0 Å². The molecule has 3 aromatic rings. The Labute approximate surface area is 196 Å². The van der Waals surface area contributed by atoms with Crippen molar-refractivity contribution in [1.82, 2.24) is 10.9 Å². The van der Waals surface area contributed by atoms with E-state index in [9.17, 15) is 22.8 Å². The molecule has 10 heteroatoms. The monoisotopic (exact) mass is 485 g/mol. The van der Waals surface area contributed by atoms with Crippen LogP contribution in [0.3, 0.4) is 0 Å². The van der Waals surface area contributed by atoms with Gasteiger partial charge in [-0.25, -0.2) is 8.42 Å². The Kier molecular flexibility index (Phi) is 6.99. The lowest BCUT2D eigenvalue weighted by Gasteiger charge is -2.18. The van der Waals surface area contributed by atoms with Crippen LogP contribution in [0.4, 0.5) is 5.69 Å². The number of rotatable bonds is 6. The Morgan fingerprint density at radius 1 is 0.848 bits per heavy atom. The number of nitrogens with one attached hydrogen (secondary N) is 3. The highest BCUT2D eigenvalue weighted by atomic mass is 32.2. The third-order valence-corrected chi connectivity index (χ3v) is 7.45. The van der Waals surface area contributed by atoms with Gasteiger partial charge in [0.05, 0.1) is 11.3 Å². The average molecular weight is 486 g/mol. The summed E-state index contributed by atoms with van der Waals surface area (Å²) in [6.45, 7) is 6.10. The lowest BCUT2D eigenvalue weighted by Crippen LogP contribution is -2.45. The van der Waals surface area contributed by atoms with Crippen LogP contribution in [0.15, 0.2) is 70.3 Å². The number of ketones is 1. The molecule has 172 valence electrons. The molecule has 2 aromatic carbocycles. The van der Waals surface area contributed by atoms with Crippen LogP contribution in [0.5, 0.6) is 0 Å². The second-order valence-electron chi connectivity index (χ2n) is 8.15. The number of sulfonamides is 1. The van der Waals surface area contributed by atoms with Crippen molar-refractivity contribution in [3.63, 3.8) is 0 Å². The molecule has 8 nitrogen and oxygen atoms in total. The van der Waals surface area contributed by atoms with E-state index in [1.165, 1.54) is 18.2 Å². The average Bonchev–Trinajstić information content (AvgIpc) is 3.32. The zero-order chi connectivity index (χ0) is 24.2. The van der Waals surface area contributed by atoms with E-state index < -0.39 is 27.6 Å². The molecule has 1 aromatic heterocycles. The molecule has 0 saturated heterocycles. The Balaban J connectivity index is 1.67. The van der Waals surface area contributed by atoms with Crippen LogP contribution in [0.25, 0.3) is 0 Å². The molecule has 0 saturated carbocycles. The van der Waals surface area contributed by atoms with E-state index in [-0.39, 0.29) is 26.4 Å². The van der Waals surface area contributed by atoms with Gasteiger partial charge >= 0.3 is 5.91 Å². The van der Waals surface area contributed by atoms with E-state index in [0.717, 1.165) is 16.9 Å². The maximum atomic E-state index is 12.6. The highest BCUT2D eigenvalue weighted by molar-refractivity contribution is 7.94. The number of carbonyl (C=O) groups is 3. The van der Waals surface area contributed by atoms with E-state index in [0.29, 0.717) is 0 Å². The number of Topliss-reactive ketones (excluding diaryl/α,β-unsaturated/α-hetero) is 1. The number of hydrogen-bond acceptors (Lipinski definition) is 6. The molecule has 0 atom stereocenters. The van der Waals surface area contributed by atoms with E-state index in [2.05, 4.69) is 15.6 Å². The second kappa shape index (κ2) is 9.55. The van der Waals surface area contributed by atoms with Crippen molar-refractivity contribution < 1.29 is 22.8 Å². The van der Waals surface area contributed by atoms with E-state index in [4.69, 9.17) is 0 Å². The van der Waals surface area contributed by atoms with Crippen molar-refractivity contribution in [3.05, 3.63) is 82.7 Å². The summed E-state index contributed by atoms with van der Waals surface area (Å²) in [6.07, 6.45) is 0. The molecule has 0 aliphatic carbocycles. The molecular formula is C23H23N3O5S2. The quantitative estimate of drug-likeness (QED) is 0.280. The maximum absolute atomic E-state index is 12.6. The van der Waals surface area contributed by atoms with Gasteiger partial charge in [-0.05, 0) is 34.6 Å². The summed E-state index contributed by atoms with van der Waals surface area (Å²) < 4.78 is 27.4. The summed E-state index contributed by atoms with van der Waals surface area (Å²) in [5.41, 5.74) is 5.32.